The molecule has 4 rings (SSSR count). The van der Waals surface area contributed by atoms with Gasteiger partial charge in [-0.15, -0.1) is 4.36 Å². The minimum absolute atomic E-state index is 0.0559. The van der Waals surface area contributed by atoms with Crippen molar-refractivity contribution in [2.45, 2.75) is 70.7 Å². The Morgan fingerprint density at radius 1 is 1.04 bits per heavy atom. The van der Waals surface area contributed by atoms with Crippen LogP contribution in [-0.4, -0.2) is 80.4 Å². The lowest BCUT2D eigenvalue weighted by Crippen LogP contribution is -2.59. The monoisotopic (exact) mass is 679 g/mol. The van der Waals surface area contributed by atoms with Gasteiger partial charge in [0.2, 0.25) is 5.91 Å². The number of hydrogen-bond donors (Lipinski definition) is 1. The summed E-state index contributed by atoms with van der Waals surface area (Å²) >= 11 is 12.7. The molecule has 2 fully saturated rings. The molecule has 0 aliphatic carbocycles. The molecule has 2 unspecified atom stereocenters. The highest BCUT2D eigenvalue weighted by Crippen LogP contribution is 2.52. The number of hydrogen-bond acceptors (Lipinski definition) is 5. The second-order valence-electron chi connectivity index (χ2n) is 12.9. The number of amides is 3. The molecule has 0 bridgehead atoms. The Bertz CT molecular complexity index is 1520. The van der Waals surface area contributed by atoms with Crippen LogP contribution in [0.2, 0.25) is 10.0 Å². The molecule has 2 aromatic rings. The number of nitrogens with zero attached hydrogens (tertiary/aromatic N) is 3. The van der Waals surface area contributed by atoms with Gasteiger partial charge in [0.1, 0.15) is 0 Å². The normalized spacial score (nSPS) is 24.4. The van der Waals surface area contributed by atoms with Crippen molar-refractivity contribution in [3.63, 3.8) is 0 Å². The Balaban J connectivity index is 1.91. The zero-order valence-electron chi connectivity index (χ0n) is 26.4. The number of carboxylic acid groups (broad SMARTS) is 1. The van der Waals surface area contributed by atoms with Crippen molar-refractivity contribution in [2.24, 2.45) is 15.7 Å². The minimum atomic E-state index is -3.19. The zero-order chi connectivity index (χ0) is 33.1. The number of ether oxygens (including phenoxy) is 1. The summed E-state index contributed by atoms with van der Waals surface area (Å²) in [5, 5.41) is 10.5. The number of carbonyl (C=O) groups excluding carboxylic acids is 2. The quantitative estimate of drug-likeness (QED) is 0.309. The summed E-state index contributed by atoms with van der Waals surface area (Å²) in [5.74, 6) is -2.05. The molecule has 3 amide bonds. The van der Waals surface area contributed by atoms with Crippen LogP contribution in [0.3, 0.4) is 0 Å². The molecule has 0 aromatic heterocycles. The predicted octanol–water partition coefficient (Wildman–Crippen LogP) is 6.88. The number of morpholine rings is 1. The third kappa shape index (κ3) is 8.02. The number of benzene rings is 2. The van der Waals surface area contributed by atoms with Gasteiger partial charge in [0, 0.05) is 40.3 Å². The first kappa shape index (κ1) is 35.2. The van der Waals surface area contributed by atoms with Crippen LogP contribution in [-0.2, 0) is 24.1 Å². The zero-order valence-corrected chi connectivity index (χ0v) is 28.8. The second-order valence-corrected chi connectivity index (χ2v) is 16.6. The van der Waals surface area contributed by atoms with Gasteiger partial charge in [0.05, 0.1) is 46.6 Å². The maximum Gasteiger partial charge on any atom is 0.351 e. The topological polar surface area (TPSA) is 117 Å². The molecule has 0 saturated carbocycles. The van der Waals surface area contributed by atoms with Crippen LogP contribution < -0.4 is 0 Å². The average molecular weight is 681 g/mol. The first-order valence-corrected chi connectivity index (χ1v) is 17.8. The molecule has 2 aliphatic rings. The number of carbonyl (C=O) groups is 3. The Morgan fingerprint density at radius 2 is 1.69 bits per heavy atom. The van der Waals surface area contributed by atoms with Crippen molar-refractivity contribution in [2.75, 3.05) is 32.1 Å². The lowest BCUT2D eigenvalue weighted by molar-refractivity contribution is -0.161. The molecule has 2 saturated heterocycles. The van der Waals surface area contributed by atoms with Crippen LogP contribution in [0.4, 0.5) is 4.79 Å². The van der Waals surface area contributed by atoms with Gasteiger partial charge in [-0.2, -0.15) is 0 Å². The van der Waals surface area contributed by atoms with Crippen LogP contribution in [0, 0.1) is 11.3 Å². The van der Waals surface area contributed by atoms with Gasteiger partial charge in [-0.05, 0) is 47.7 Å². The molecule has 5 atom stereocenters. The van der Waals surface area contributed by atoms with E-state index in [0.717, 1.165) is 11.1 Å². The fourth-order valence-electron chi connectivity index (χ4n) is 6.36. The molecule has 1 N–H and O–H groups in total. The highest BCUT2D eigenvalue weighted by molar-refractivity contribution is 7.94. The summed E-state index contributed by atoms with van der Waals surface area (Å²) in [5.41, 5.74) is 0.392. The van der Waals surface area contributed by atoms with Crippen LogP contribution in [0.1, 0.15) is 70.5 Å². The van der Waals surface area contributed by atoms with E-state index in [1.807, 2.05) is 44.2 Å². The summed E-state index contributed by atoms with van der Waals surface area (Å²) in [7, 11) is -3.19. The van der Waals surface area contributed by atoms with Crippen molar-refractivity contribution in [3.8, 4) is 0 Å². The molecule has 2 heterocycles. The molecule has 246 valence electrons. The van der Waals surface area contributed by atoms with E-state index >= 15 is 0 Å². The maximum absolute atomic E-state index is 14.7. The first-order valence-electron chi connectivity index (χ1n) is 15.3. The highest BCUT2D eigenvalue weighted by Gasteiger charge is 2.53. The van der Waals surface area contributed by atoms with Gasteiger partial charge in [0.25, 0.3) is 0 Å². The Kier molecular flexibility index (Phi) is 11.3. The van der Waals surface area contributed by atoms with E-state index < -0.39 is 44.5 Å². The van der Waals surface area contributed by atoms with Gasteiger partial charge in [0.15, 0.2) is 0 Å². The molecule has 12 heteroatoms. The Labute approximate surface area is 276 Å². The molecule has 0 radical (unpaired) electrons. The number of carboxylic acids is 1. The van der Waals surface area contributed by atoms with E-state index in [4.69, 9.17) is 27.9 Å². The summed E-state index contributed by atoms with van der Waals surface area (Å²) < 4.78 is 24.4. The number of halogens is 2. The SMILES string of the molecule is CC(C)C(CS(=O)(=NC(=O)N1CCOCC1)C(C)C)N1C(=O)[C@@](C)(CC(=O)O)C[C@H](c2cccc(Cl)c2)[C@H]1c1ccc(Cl)cc1. The number of rotatable bonds is 9. The van der Waals surface area contributed by atoms with Crippen LogP contribution in [0.5, 0.6) is 0 Å². The molecular formula is C33H43Cl2N3O6S. The van der Waals surface area contributed by atoms with Gasteiger partial charge in [-0.25, -0.2) is 9.00 Å². The standard InChI is InChI=1S/C33H43Cl2N3O6S/c1-21(2)28(20-45(43,22(3)4)36-32(42)37-13-15-44-16-14-37)38-30(23-9-11-25(34)12-10-23)27(24-7-6-8-26(35)17-24)18-33(5,31(38)41)19-29(39)40/h6-12,17,21-22,27-28,30H,13-16,18-20H2,1-5H3,(H,39,40)/t27-,28?,30-,33-,45?/m1/s1. The summed E-state index contributed by atoms with van der Waals surface area (Å²) in [6.45, 7) is 10.6. The van der Waals surface area contributed by atoms with Gasteiger partial charge in [-0.1, -0.05) is 82.1 Å². The van der Waals surface area contributed by atoms with E-state index in [2.05, 4.69) is 4.36 Å². The molecule has 2 aliphatic heterocycles. The fraction of sp³-hybridized carbons (Fsp3) is 0.545. The van der Waals surface area contributed by atoms with Gasteiger partial charge in [-0.3, -0.25) is 9.59 Å². The molecule has 2 aromatic carbocycles. The molecule has 9 nitrogen and oxygen atoms in total. The van der Waals surface area contributed by atoms with Crippen molar-refractivity contribution < 1.29 is 28.4 Å². The van der Waals surface area contributed by atoms with E-state index in [1.54, 1.807) is 43.9 Å². The van der Waals surface area contributed by atoms with Crippen molar-refractivity contribution in [3.05, 3.63) is 69.7 Å². The maximum atomic E-state index is 14.7. The largest absolute Gasteiger partial charge is 0.481 e. The molecular weight excluding hydrogens is 637 g/mol. The van der Waals surface area contributed by atoms with Crippen molar-refractivity contribution in [1.29, 1.82) is 0 Å². The first-order chi connectivity index (χ1) is 21.1. The molecule has 45 heavy (non-hydrogen) atoms. The van der Waals surface area contributed by atoms with Crippen LogP contribution >= 0.6 is 23.2 Å². The number of likely N-dealkylation sites (tertiary alicyclic amines) is 1. The van der Waals surface area contributed by atoms with E-state index in [9.17, 15) is 23.7 Å². The molecule has 0 spiro atoms. The third-order valence-corrected chi connectivity index (χ3v) is 12.2. The van der Waals surface area contributed by atoms with Crippen molar-refractivity contribution in [1.82, 2.24) is 9.80 Å². The predicted molar refractivity (Wildman–Crippen MR) is 177 cm³/mol. The Hall–Kier alpha value is -2.66. The smallest absolute Gasteiger partial charge is 0.351 e. The third-order valence-electron chi connectivity index (χ3n) is 8.92. The summed E-state index contributed by atoms with van der Waals surface area (Å²) in [6, 6.07) is 12.9. The number of urea groups is 1. The Morgan fingerprint density at radius 3 is 2.24 bits per heavy atom. The van der Waals surface area contributed by atoms with E-state index in [1.165, 1.54) is 4.90 Å². The summed E-state index contributed by atoms with van der Waals surface area (Å²) in [6.07, 6.45) is -0.121. The minimum Gasteiger partial charge on any atom is -0.481 e. The van der Waals surface area contributed by atoms with Gasteiger partial charge >= 0.3 is 12.0 Å². The average Bonchev–Trinajstić information content (AvgIpc) is 2.98. The second kappa shape index (κ2) is 14.4. The summed E-state index contributed by atoms with van der Waals surface area (Å²) in [4.78, 5) is 43.5. The van der Waals surface area contributed by atoms with E-state index in [-0.39, 0.29) is 36.3 Å². The van der Waals surface area contributed by atoms with Crippen LogP contribution in [0.25, 0.3) is 0 Å². The van der Waals surface area contributed by atoms with E-state index in [0.29, 0.717) is 36.3 Å². The lowest BCUT2D eigenvalue weighted by atomic mass is 9.66. The van der Waals surface area contributed by atoms with Crippen molar-refractivity contribution >= 4 is 50.8 Å². The van der Waals surface area contributed by atoms with Gasteiger partial charge < -0.3 is 19.6 Å². The van der Waals surface area contributed by atoms with Crippen LogP contribution in [0.15, 0.2) is 52.9 Å². The fourth-order valence-corrected chi connectivity index (χ4v) is 8.77. The lowest BCUT2D eigenvalue weighted by Gasteiger charge is -2.53. The number of aliphatic carboxylic acids is 1. The highest BCUT2D eigenvalue weighted by atomic mass is 35.5. The number of piperidine rings is 1.